The van der Waals surface area contributed by atoms with Gasteiger partial charge in [0, 0.05) is 24.9 Å². The number of amides is 1. The van der Waals surface area contributed by atoms with Crippen LogP contribution in [-0.2, 0) is 31.5 Å². The lowest BCUT2D eigenvalue weighted by Crippen LogP contribution is -2.41. The summed E-state index contributed by atoms with van der Waals surface area (Å²) < 4.78 is 29.7. The van der Waals surface area contributed by atoms with Gasteiger partial charge in [-0.2, -0.15) is 0 Å². The lowest BCUT2D eigenvalue weighted by Gasteiger charge is -2.26. The molecule has 24 heavy (non-hydrogen) atoms. The van der Waals surface area contributed by atoms with Crippen LogP contribution in [-0.4, -0.2) is 56.3 Å². The van der Waals surface area contributed by atoms with Gasteiger partial charge in [0.25, 0.3) is 0 Å². The first-order valence-corrected chi connectivity index (χ1v) is 11.0. The van der Waals surface area contributed by atoms with Gasteiger partial charge in [0.15, 0.2) is 9.84 Å². The number of thiazole rings is 1. The molecule has 0 radical (unpaired) electrons. The van der Waals surface area contributed by atoms with Crippen molar-refractivity contribution in [3.8, 4) is 0 Å². The maximum atomic E-state index is 12.2. The number of rotatable bonds is 8. The maximum Gasteiger partial charge on any atom is 0.223 e. The lowest BCUT2D eigenvalue weighted by atomic mass is 10.1. The SMILES string of the molecule is CC(C)CCc1nc(CS(=O)(=O)CCC(=O)N2CCOCC2)cs1. The van der Waals surface area contributed by atoms with E-state index in [1.165, 1.54) is 11.3 Å². The summed E-state index contributed by atoms with van der Waals surface area (Å²) in [4.78, 5) is 18.1. The van der Waals surface area contributed by atoms with E-state index in [1.54, 1.807) is 4.90 Å². The standard InChI is InChI=1S/C16H26N2O4S2/c1-13(2)3-4-15-17-14(11-23-15)12-24(20,21)10-5-16(19)18-6-8-22-9-7-18/h11,13H,3-10,12H2,1-2H3. The molecule has 0 spiro atoms. The van der Waals surface area contributed by atoms with Crippen LogP contribution in [0, 0.1) is 5.92 Å². The Morgan fingerprint density at radius 2 is 2.08 bits per heavy atom. The number of morpholine rings is 1. The largest absolute Gasteiger partial charge is 0.378 e. The van der Waals surface area contributed by atoms with E-state index in [9.17, 15) is 13.2 Å². The number of aromatic nitrogens is 1. The van der Waals surface area contributed by atoms with Crippen molar-refractivity contribution in [3.63, 3.8) is 0 Å². The van der Waals surface area contributed by atoms with Gasteiger partial charge >= 0.3 is 0 Å². The van der Waals surface area contributed by atoms with E-state index in [0.29, 0.717) is 37.9 Å². The van der Waals surface area contributed by atoms with E-state index in [0.717, 1.165) is 17.8 Å². The van der Waals surface area contributed by atoms with E-state index in [2.05, 4.69) is 18.8 Å². The minimum atomic E-state index is -3.32. The van der Waals surface area contributed by atoms with Gasteiger partial charge in [-0.1, -0.05) is 13.8 Å². The van der Waals surface area contributed by atoms with Crippen LogP contribution in [0.2, 0.25) is 0 Å². The Balaban J connectivity index is 1.81. The average molecular weight is 375 g/mol. The fraction of sp³-hybridized carbons (Fsp3) is 0.750. The molecule has 1 aliphatic rings. The van der Waals surface area contributed by atoms with Crippen molar-refractivity contribution < 1.29 is 17.9 Å². The Kier molecular flexibility index (Phi) is 7.18. The molecule has 1 aliphatic heterocycles. The number of aryl methyl sites for hydroxylation is 1. The molecule has 6 nitrogen and oxygen atoms in total. The minimum absolute atomic E-state index is 0.0344. The van der Waals surface area contributed by atoms with Gasteiger partial charge < -0.3 is 9.64 Å². The average Bonchev–Trinajstić information content (AvgIpc) is 2.98. The highest BCUT2D eigenvalue weighted by Gasteiger charge is 2.21. The van der Waals surface area contributed by atoms with Crippen LogP contribution in [0.5, 0.6) is 0 Å². The zero-order valence-electron chi connectivity index (χ0n) is 14.4. The number of hydrogen-bond donors (Lipinski definition) is 0. The van der Waals surface area contributed by atoms with E-state index in [-0.39, 0.29) is 23.8 Å². The Hall–Kier alpha value is -0.990. The molecule has 0 N–H and O–H groups in total. The van der Waals surface area contributed by atoms with Crippen molar-refractivity contribution in [2.45, 2.75) is 38.9 Å². The van der Waals surface area contributed by atoms with Gasteiger partial charge in [0.1, 0.15) is 0 Å². The molecule has 0 saturated carbocycles. The van der Waals surface area contributed by atoms with Crippen LogP contribution in [0.3, 0.4) is 0 Å². The first-order valence-electron chi connectivity index (χ1n) is 8.35. The van der Waals surface area contributed by atoms with E-state index in [4.69, 9.17) is 4.74 Å². The second kappa shape index (κ2) is 8.92. The van der Waals surface area contributed by atoms with Crippen molar-refractivity contribution in [2.75, 3.05) is 32.1 Å². The van der Waals surface area contributed by atoms with Crippen molar-refractivity contribution in [1.29, 1.82) is 0 Å². The third kappa shape index (κ3) is 6.49. The molecule has 0 aromatic carbocycles. The van der Waals surface area contributed by atoms with Gasteiger partial charge in [-0.15, -0.1) is 11.3 Å². The van der Waals surface area contributed by atoms with E-state index < -0.39 is 9.84 Å². The summed E-state index contributed by atoms with van der Waals surface area (Å²) in [5.41, 5.74) is 0.595. The molecule has 0 unspecified atom stereocenters. The predicted octanol–water partition coefficient (Wildman–Crippen LogP) is 1.90. The van der Waals surface area contributed by atoms with E-state index in [1.807, 2.05) is 5.38 Å². The van der Waals surface area contributed by atoms with Gasteiger partial charge in [0.2, 0.25) is 5.91 Å². The fourth-order valence-electron chi connectivity index (χ4n) is 2.45. The summed E-state index contributed by atoms with van der Waals surface area (Å²) >= 11 is 1.51. The Morgan fingerprint density at radius 1 is 1.38 bits per heavy atom. The molecule has 136 valence electrons. The molecule has 0 bridgehead atoms. The monoisotopic (exact) mass is 374 g/mol. The number of carbonyl (C=O) groups is 1. The van der Waals surface area contributed by atoms with Gasteiger partial charge in [-0.05, 0) is 18.8 Å². The molecule has 1 amide bonds. The molecule has 1 saturated heterocycles. The topological polar surface area (TPSA) is 76.6 Å². The highest BCUT2D eigenvalue weighted by Crippen LogP contribution is 2.17. The van der Waals surface area contributed by atoms with Gasteiger partial charge in [-0.25, -0.2) is 13.4 Å². The van der Waals surface area contributed by atoms with Crippen molar-refractivity contribution in [3.05, 3.63) is 16.1 Å². The molecule has 1 aromatic rings. The van der Waals surface area contributed by atoms with Gasteiger partial charge in [-0.3, -0.25) is 4.79 Å². The van der Waals surface area contributed by atoms with Crippen LogP contribution in [0.15, 0.2) is 5.38 Å². The van der Waals surface area contributed by atoms with Crippen molar-refractivity contribution in [2.24, 2.45) is 5.92 Å². The molecule has 0 aliphatic carbocycles. The molecule has 2 heterocycles. The summed E-state index contributed by atoms with van der Waals surface area (Å²) in [6.07, 6.45) is 1.97. The summed E-state index contributed by atoms with van der Waals surface area (Å²) in [5.74, 6) is 0.286. The van der Waals surface area contributed by atoms with Gasteiger partial charge in [0.05, 0.1) is 35.4 Å². The Labute approximate surface area is 148 Å². The number of carbonyl (C=O) groups excluding carboxylic acids is 1. The third-order valence-corrected chi connectivity index (χ3v) is 6.41. The minimum Gasteiger partial charge on any atom is -0.378 e. The summed E-state index contributed by atoms with van der Waals surface area (Å²) in [6.45, 7) is 6.45. The molecule has 8 heteroatoms. The summed E-state index contributed by atoms with van der Waals surface area (Å²) in [5, 5.41) is 2.80. The number of sulfone groups is 1. The second-order valence-electron chi connectivity index (χ2n) is 6.50. The summed E-state index contributed by atoms with van der Waals surface area (Å²) in [7, 11) is -3.32. The highest BCUT2D eigenvalue weighted by atomic mass is 32.2. The molecular formula is C16H26N2O4S2. The fourth-order valence-corrected chi connectivity index (χ4v) is 4.60. The number of hydrogen-bond acceptors (Lipinski definition) is 6. The quantitative estimate of drug-likeness (QED) is 0.694. The first-order chi connectivity index (χ1) is 11.4. The first kappa shape index (κ1) is 19.3. The second-order valence-corrected chi connectivity index (χ2v) is 9.63. The van der Waals surface area contributed by atoms with Crippen molar-refractivity contribution in [1.82, 2.24) is 9.88 Å². The zero-order chi connectivity index (χ0) is 17.6. The third-order valence-electron chi connectivity index (χ3n) is 3.89. The van der Waals surface area contributed by atoms with Crippen molar-refractivity contribution >= 4 is 27.1 Å². The molecule has 1 fully saturated rings. The maximum absolute atomic E-state index is 12.2. The smallest absolute Gasteiger partial charge is 0.223 e. The van der Waals surface area contributed by atoms with Crippen LogP contribution in [0.1, 0.15) is 37.4 Å². The predicted molar refractivity (Wildman–Crippen MR) is 94.8 cm³/mol. The van der Waals surface area contributed by atoms with E-state index >= 15 is 0 Å². The van der Waals surface area contributed by atoms with Crippen LogP contribution in [0.4, 0.5) is 0 Å². The molecule has 0 atom stereocenters. The molecular weight excluding hydrogens is 348 g/mol. The lowest BCUT2D eigenvalue weighted by molar-refractivity contribution is -0.134. The van der Waals surface area contributed by atoms with Crippen LogP contribution >= 0.6 is 11.3 Å². The number of ether oxygens (including phenoxy) is 1. The Bertz CT molecular complexity index is 634. The number of nitrogens with zero attached hydrogens (tertiary/aromatic N) is 2. The summed E-state index contributed by atoms with van der Waals surface area (Å²) in [6, 6.07) is 0. The zero-order valence-corrected chi connectivity index (χ0v) is 16.0. The molecule has 1 aromatic heterocycles. The molecule has 2 rings (SSSR count). The Morgan fingerprint density at radius 3 is 2.75 bits per heavy atom. The highest BCUT2D eigenvalue weighted by molar-refractivity contribution is 7.90. The van der Waals surface area contributed by atoms with Crippen LogP contribution < -0.4 is 0 Å². The normalized spacial score (nSPS) is 15.9. The van der Waals surface area contributed by atoms with Crippen LogP contribution in [0.25, 0.3) is 0 Å².